The molecule has 240 valence electrons. The molecule has 10 nitrogen and oxygen atoms in total. The fourth-order valence-corrected chi connectivity index (χ4v) is 6.28. The maximum Gasteiger partial charge on any atom is 2.00 e. The average Bonchev–Trinajstić information content (AvgIpc) is 2.88. The van der Waals surface area contributed by atoms with E-state index in [1.165, 1.54) is 0 Å². The minimum atomic E-state index is -3.53. The van der Waals surface area contributed by atoms with Gasteiger partial charge < -0.3 is 37.9 Å². The zero-order valence-corrected chi connectivity index (χ0v) is 33.5. The molecule has 0 N–H and O–H groups in total. The van der Waals surface area contributed by atoms with Gasteiger partial charge in [-0.05, 0) is 25.7 Å². The van der Waals surface area contributed by atoms with E-state index in [-0.39, 0.29) is 54.1 Å². The van der Waals surface area contributed by atoms with Crippen molar-refractivity contribution in [3.05, 3.63) is 0 Å². The molecule has 0 aromatic heterocycles. The van der Waals surface area contributed by atoms with Crippen molar-refractivity contribution in [3.63, 3.8) is 0 Å². The van der Waals surface area contributed by atoms with Crippen molar-refractivity contribution >= 4 is 27.1 Å². The summed E-state index contributed by atoms with van der Waals surface area (Å²) in [6.07, 6.45) is 14.5. The summed E-state index contributed by atoms with van der Waals surface area (Å²) in [6.45, 7) is 9.50. The topological polar surface area (TPSA) is 151 Å². The van der Waals surface area contributed by atoms with Crippen LogP contribution in [0, 0.1) is 0 Å². The van der Waals surface area contributed by atoms with Gasteiger partial charge in [-0.1, -0.05) is 105 Å². The summed E-state index contributed by atoms with van der Waals surface area (Å²) in [5.74, 6) is -2.79. The van der Waals surface area contributed by atoms with Gasteiger partial charge in [0.2, 0.25) is 0 Å². The predicted molar refractivity (Wildman–Crippen MR) is 155 cm³/mol. The Morgan fingerprint density at radius 1 is 0.463 bits per heavy atom. The van der Waals surface area contributed by atoms with Crippen molar-refractivity contribution in [2.75, 3.05) is 38.8 Å². The Balaban J connectivity index is -0.000000688. The van der Waals surface area contributed by atoms with Crippen LogP contribution < -0.4 is 10.2 Å². The van der Waals surface area contributed by atoms with Crippen molar-refractivity contribution < 1.29 is 74.7 Å². The fourth-order valence-electron chi connectivity index (χ4n) is 3.50. The quantitative estimate of drug-likeness (QED) is 0.0504. The normalized spacial score (nSPS) is 11.4. The van der Waals surface area contributed by atoms with Gasteiger partial charge in [0.15, 0.2) is 0 Å². The molecule has 0 bridgehead atoms. The van der Waals surface area contributed by atoms with Crippen LogP contribution in [0.25, 0.3) is 0 Å². The van der Waals surface area contributed by atoms with E-state index in [1.54, 1.807) is 0 Å². The molecular weight excluding hydrogens is 759 g/mol. The first-order chi connectivity index (χ1) is 19.1. The molecule has 0 spiro atoms. The predicted octanol–water partition coefficient (Wildman–Crippen LogP) is 6.24. The molecule has 0 aliphatic heterocycles. The van der Waals surface area contributed by atoms with E-state index in [9.17, 15) is 28.9 Å². The molecule has 0 rings (SSSR count). The van der Waals surface area contributed by atoms with Gasteiger partial charge >= 0.3 is 42.9 Å². The molecule has 41 heavy (non-hydrogen) atoms. The Kier molecular flexibility index (Phi) is 35.1. The first kappa shape index (κ1) is 45.6. The monoisotopic (exact) mass is 816 g/mol. The van der Waals surface area contributed by atoms with Crippen molar-refractivity contribution in [2.45, 2.75) is 130 Å². The molecule has 0 saturated carbocycles. The van der Waals surface area contributed by atoms with Gasteiger partial charge in [-0.15, -0.1) is 0 Å². The minimum absolute atomic E-state index is 0. The Hall–Kier alpha value is 0.175. The number of carboxylic acid groups (broad SMARTS) is 2. The van der Waals surface area contributed by atoms with Crippen molar-refractivity contribution in [1.82, 2.24) is 0 Å². The van der Waals surface area contributed by atoms with Gasteiger partial charge in [-0.3, -0.25) is 9.13 Å². The molecule has 0 atom stereocenters. The summed E-state index contributed by atoms with van der Waals surface area (Å²) in [4.78, 5) is 21.3. The molecule has 0 aromatic carbocycles. The second-order valence-corrected chi connectivity index (χ2v) is 14.0. The van der Waals surface area contributed by atoms with Gasteiger partial charge in [0.05, 0.1) is 50.7 Å². The zero-order valence-electron chi connectivity index (χ0n) is 26.2. The number of aliphatic carboxylic acids is 2. The van der Waals surface area contributed by atoms with E-state index < -0.39 is 39.5 Å². The van der Waals surface area contributed by atoms with Crippen LogP contribution in [-0.2, 0) is 64.5 Å². The summed E-state index contributed by atoms with van der Waals surface area (Å²) < 4.78 is 45.3. The third-order valence-corrected chi connectivity index (χ3v) is 9.38. The summed E-state index contributed by atoms with van der Waals surface area (Å²) in [5.41, 5.74) is 0. The van der Waals surface area contributed by atoms with E-state index in [0.29, 0.717) is 0 Å². The fraction of sp³-hybridized carbons (Fsp3) is 0.929. The second-order valence-electron chi connectivity index (χ2n) is 9.86. The average molecular weight is 815 g/mol. The Morgan fingerprint density at radius 2 is 0.683 bits per heavy atom. The number of carbonyl (C=O) groups is 2. The zero-order chi connectivity index (χ0) is 30.5. The molecule has 0 saturated heterocycles. The maximum absolute atomic E-state index is 12.2. The van der Waals surface area contributed by atoms with Crippen molar-refractivity contribution in [1.29, 1.82) is 0 Å². The summed E-state index contributed by atoms with van der Waals surface area (Å²) >= 11 is 0. The number of carbonyl (C=O) groups excluding carboxylic acids is 2. The van der Waals surface area contributed by atoms with E-state index in [0.717, 1.165) is 103 Å². The Bertz CT molecular complexity index is 615. The molecule has 0 radical (unpaired) electrons. The molecule has 0 amide bonds. The Labute approximate surface area is 270 Å². The molecule has 13 heteroatoms. The summed E-state index contributed by atoms with van der Waals surface area (Å²) in [5, 5.41) is 21.3. The second kappa shape index (κ2) is 31.6. The van der Waals surface area contributed by atoms with E-state index in [4.69, 9.17) is 18.1 Å². The van der Waals surface area contributed by atoms with Crippen molar-refractivity contribution in [3.8, 4) is 0 Å². The first-order valence-electron chi connectivity index (χ1n) is 15.2. The first-order valence-corrected chi connectivity index (χ1v) is 18.7. The van der Waals surface area contributed by atoms with Crippen LogP contribution in [-0.4, -0.2) is 50.7 Å². The van der Waals surface area contributed by atoms with Gasteiger partial charge in [-0.2, -0.15) is 0 Å². The molecule has 0 aliphatic rings. The third kappa shape index (κ3) is 32.9. The Morgan fingerprint density at radius 3 is 0.854 bits per heavy atom. The summed E-state index contributed by atoms with van der Waals surface area (Å²) in [7, 11) is -7.07. The van der Waals surface area contributed by atoms with Crippen LogP contribution in [0.3, 0.4) is 0 Å². The van der Waals surface area contributed by atoms with Crippen LogP contribution in [0.5, 0.6) is 0 Å². The number of hydrogen-bond donors (Lipinski definition) is 0. The number of unbranched alkanes of at least 4 members (excludes halogenated alkanes) is 12. The van der Waals surface area contributed by atoms with E-state index >= 15 is 0 Å². The SMILES string of the molecule is CCCCCCOP(=O)(CC(=O)[O-])OCCCCCC.CCCCCCOP(=O)(CC(=O)[O-])OCCCCCC.[Hg+2]. The number of rotatable bonds is 28. The third-order valence-electron chi connectivity index (χ3n) is 5.79. The van der Waals surface area contributed by atoms with Crippen LogP contribution >= 0.6 is 15.2 Å². The van der Waals surface area contributed by atoms with Crippen molar-refractivity contribution in [2.24, 2.45) is 0 Å². The summed E-state index contributed by atoms with van der Waals surface area (Å²) in [6, 6.07) is 0. The van der Waals surface area contributed by atoms with E-state index in [1.807, 2.05) is 0 Å². The van der Waals surface area contributed by atoms with Crippen LogP contribution in [0.1, 0.15) is 130 Å². The molecule has 0 fully saturated rings. The maximum atomic E-state index is 12.2. The molecule has 0 heterocycles. The molecule has 0 aromatic rings. The van der Waals surface area contributed by atoms with Crippen LogP contribution in [0.2, 0.25) is 0 Å². The smallest absolute Gasteiger partial charge is 0.549 e. The largest absolute Gasteiger partial charge is 2.00 e. The van der Waals surface area contributed by atoms with Crippen LogP contribution in [0.15, 0.2) is 0 Å². The standard InChI is InChI=1S/2C14H29O5P.Hg/c2*1-3-5-7-9-11-18-20(17,13-14(15)16)19-12-10-8-6-4-2;/h2*3-13H2,1-2H3,(H,15,16);/q;;+2/p-2. The molecule has 0 unspecified atom stereocenters. The number of hydrogen-bond acceptors (Lipinski definition) is 10. The van der Waals surface area contributed by atoms with Gasteiger partial charge in [0.25, 0.3) is 0 Å². The van der Waals surface area contributed by atoms with Gasteiger partial charge in [0, 0.05) is 0 Å². The van der Waals surface area contributed by atoms with E-state index in [2.05, 4.69) is 27.7 Å². The minimum Gasteiger partial charge on any atom is -0.549 e. The van der Waals surface area contributed by atoms with Gasteiger partial charge in [0.1, 0.15) is 0 Å². The molecule has 0 aliphatic carbocycles. The number of carboxylic acids is 2. The van der Waals surface area contributed by atoms with Crippen LogP contribution in [0.4, 0.5) is 0 Å². The van der Waals surface area contributed by atoms with Gasteiger partial charge in [-0.25, -0.2) is 0 Å². The molecular formula is C28H56HgO10P2.